The highest BCUT2D eigenvalue weighted by Gasteiger charge is 2.17. The molecule has 0 aliphatic carbocycles. The lowest BCUT2D eigenvalue weighted by atomic mass is 10.1. The van der Waals surface area contributed by atoms with Gasteiger partial charge in [0.15, 0.2) is 23.0 Å². The third kappa shape index (κ3) is 7.81. The van der Waals surface area contributed by atoms with E-state index in [4.69, 9.17) is 9.47 Å². The second kappa shape index (κ2) is 13.8. The van der Waals surface area contributed by atoms with Crippen LogP contribution >= 0.6 is 0 Å². The van der Waals surface area contributed by atoms with Gasteiger partial charge in [-0.1, -0.05) is 6.92 Å². The molecule has 0 bridgehead atoms. The molecule has 204 valence electrons. The first-order chi connectivity index (χ1) is 18.6. The lowest BCUT2D eigenvalue weighted by molar-refractivity contribution is -0.117. The molecule has 2 rings (SSSR count). The van der Waals surface area contributed by atoms with E-state index in [-0.39, 0.29) is 46.7 Å². The molecule has 0 aromatic heterocycles. The van der Waals surface area contributed by atoms with E-state index in [9.17, 15) is 40.5 Å². The number of nitrogens with one attached hydrogen (secondary N) is 2. The number of phenolic OH excluding ortho intramolecular Hbond substituents is 4. The maximum atomic E-state index is 12.7. The number of rotatable bonds is 11. The maximum absolute atomic E-state index is 12.7. The molecule has 12 heteroatoms. The van der Waals surface area contributed by atoms with Crippen molar-refractivity contribution in [1.82, 2.24) is 10.6 Å². The normalized spacial score (nSPS) is 12.0. The first-order valence-corrected chi connectivity index (χ1v) is 11.6. The quantitative estimate of drug-likeness (QED) is 0.140. The molecule has 2 aromatic carbocycles. The van der Waals surface area contributed by atoms with Crippen LogP contribution in [0.2, 0.25) is 0 Å². The summed E-state index contributed by atoms with van der Waals surface area (Å²) in [5.41, 5.74) is -0.0131. The number of carbonyl (C=O) groups is 2. The van der Waals surface area contributed by atoms with E-state index < -0.39 is 40.9 Å². The molecule has 0 saturated heterocycles. The van der Waals surface area contributed by atoms with Crippen molar-refractivity contribution < 1.29 is 39.5 Å². The van der Waals surface area contributed by atoms with Gasteiger partial charge in [-0.15, -0.1) is 0 Å². The number of ether oxygens (including phenoxy) is 2. The summed E-state index contributed by atoms with van der Waals surface area (Å²) in [6.45, 7) is 1.89. The fourth-order valence-electron chi connectivity index (χ4n) is 3.43. The van der Waals surface area contributed by atoms with Crippen LogP contribution in [0.1, 0.15) is 30.9 Å². The molecule has 39 heavy (non-hydrogen) atoms. The van der Waals surface area contributed by atoms with Gasteiger partial charge in [0, 0.05) is 12.6 Å². The van der Waals surface area contributed by atoms with Crippen molar-refractivity contribution in [1.29, 1.82) is 10.5 Å². The average molecular weight is 537 g/mol. The van der Waals surface area contributed by atoms with Crippen LogP contribution in [0.15, 0.2) is 35.4 Å². The predicted octanol–water partition coefficient (Wildman–Crippen LogP) is 2.44. The van der Waals surface area contributed by atoms with Crippen LogP contribution in [0.5, 0.6) is 34.5 Å². The van der Waals surface area contributed by atoms with E-state index in [0.717, 1.165) is 0 Å². The molecular weight excluding hydrogens is 508 g/mol. The summed E-state index contributed by atoms with van der Waals surface area (Å²) in [5.74, 6) is -3.34. The average Bonchev–Trinajstić information content (AvgIpc) is 2.92. The van der Waals surface area contributed by atoms with Gasteiger partial charge in [0.2, 0.25) is 11.5 Å². The van der Waals surface area contributed by atoms with E-state index in [2.05, 4.69) is 10.6 Å². The fourth-order valence-corrected chi connectivity index (χ4v) is 3.43. The molecule has 0 heterocycles. The summed E-state index contributed by atoms with van der Waals surface area (Å²) in [7, 11) is 2.57. The summed E-state index contributed by atoms with van der Waals surface area (Å²) in [6.07, 6.45) is 3.20. The Morgan fingerprint density at radius 1 is 0.872 bits per heavy atom. The molecule has 0 saturated carbocycles. The van der Waals surface area contributed by atoms with E-state index >= 15 is 0 Å². The minimum absolute atomic E-state index is 0.0340. The summed E-state index contributed by atoms with van der Waals surface area (Å²) in [4.78, 5) is 25.2. The number of hydrogen-bond donors (Lipinski definition) is 6. The van der Waals surface area contributed by atoms with Crippen molar-refractivity contribution in [3.05, 3.63) is 46.5 Å². The molecule has 2 amide bonds. The third-order valence-corrected chi connectivity index (χ3v) is 5.55. The second-order valence-electron chi connectivity index (χ2n) is 8.14. The van der Waals surface area contributed by atoms with Crippen LogP contribution in [0, 0.1) is 22.7 Å². The Kier molecular flexibility index (Phi) is 10.6. The maximum Gasteiger partial charge on any atom is 0.262 e. The van der Waals surface area contributed by atoms with Crippen LogP contribution in [0.25, 0.3) is 12.2 Å². The zero-order chi connectivity index (χ0) is 29.1. The van der Waals surface area contributed by atoms with Crippen molar-refractivity contribution >= 4 is 24.0 Å². The Morgan fingerprint density at radius 3 is 1.74 bits per heavy atom. The standard InChI is InChI=1S/C27H28N4O8/c1-4-19(31-27(37)18(14-29)8-16-10-21(33)25(35)23(12-16)39-3)5-6-30-26(36)17(13-28)7-15-9-20(32)24(34)22(11-15)38-2/h7-12,19,32-35H,4-6H2,1-3H3,(H,30,36)(H,31,37). The van der Waals surface area contributed by atoms with E-state index in [1.165, 1.54) is 50.6 Å². The lowest BCUT2D eigenvalue weighted by Gasteiger charge is -2.17. The van der Waals surface area contributed by atoms with E-state index in [1.807, 2.05) is 0 Å². The molecule has 12 nitrogen and oxygen atoms in total. The summed E-state index contributed by atoms with van der Waals surface area (Å²) >= 11 is 0. The van der Waals surface area contributed by atoms with Crippen LogP contribution in [0.4, 0.5) is 0 Å². The van der Waals surface area contributed by atoms with Gasteiger partial charge in [-0.05, 0) is 60.4 Å². The lowest BCUT2D eigenvalue weighted by Crippen LogP contribution is -2.38. The number of amides is 2. The molecule has 6 N–H and O–H groups in total. The molecule has 0 fully saturated rings. The van der Waals surface area contributed by atoms with Crippen molar-refractivity contribution in [3.8, 4) is 46.6 Å². The Labute approximate surface area is 224 Å². The second-order valence-corrected chi connectivity index (χ2v) is 8.14. The van der Waals surface area contributed by atoms with Gasteiger partial charge in [0.1, 0.15) is 23.3 Å². The zero-order valence-electron chi connectivity index (χ0n) is 21.5. The topological polar surface area (TPSA) is 205 Å². The molecule has 2 aromatic rings. The monoisotopic (exact) mass is 536 g/mol. The highest BCUT2D eigenvalue weighted by Crippen LogP contribution is 2.37. The molecule has 0 aliphatic rings. The van der Waals surface area contributed by atoms with Crippen LogP contribution < -0.4 is 20.1 Å². The zero-order valence-corrected chi connectivity index (χ0v) is 21.5. The van der Waals surface area contributed by atoms with Crippen LogP contribution in [-0.2, 0) is 9.59 Å². The van der Waals surface area contributed by atoms with Crippen molar-refractivity contribution in [2.45, 2.75) is 25.8 Å². The largest absolute Gasteiger partial charge is 0.504 e. The van der Waals surface area contributed by atoms with E-state index in [0.29, 0.717) is 6.42 Å². The summed E-state index contributed by atoms with van der Waals surface area (Å²) < 4.78 is 9.91. The summed E-state index contributed by atoms with van der Waals surface area (Å²) in [6, 6.07) is 8.18. The highest BCUT2D eigenvalue weighted by molar-refractivity contribution is 6.02. The molecule has 0 radical (unpaired) electrons. The molecule has 0 spiro atoms. The number of nitrogens with zero attached hydrogens (tertiary/aromatic N) is 2. The van der Waals surface area contributed by atoms with Gasteiger partial charge in [-0.2, -0.15) is 10.5 Å². The van der Waals surface area contributed by atoms with Gasteiger partial charge < -0.3 is 40.5 Å². The number of hydrogen-bond acceptors (Lipinski definition) is 10. The number of aromatic hydroxyl groups is 4. The van der Waals surface area contributed by atoms with Gasteiger partial charge >= 0.3 is 0 Å². The number of phenols is 4. The van der Waals surface area contributed by atoms with Gasteiger partial charge in [0.25, 0.3) is 11.8 Å². The Balaban J connectivity index is 2.05. The molecular formula is C27H28N4O8. The third-order valence-electron chi connectivity index (χ3n) is 5.55. The SMILES string of the molecule is CCC(CCNC(=O)C(C#N)=Cc1cc(O)c(O)c(OC)c1)NC(=O)C(C#N)=Cc1cc(O)c(O)c(OC)c1. The van der Waals surface area contributed by atoms with Gasteiger partial charge in [0.05, 0.1) is 14.2 Å². The van der Waals surface area contributed by atoms with E-state index in [1.54, 1.807) is 19.1 Å². The van der Waals surface area contributed by atoms with Gasteiger partial charge in [-0.25, -0.2) is 0 Å². The minimum Gasteiger partial charge on any atom is -0.504 e. The minimum atomic E-state index is -0.691. The smallest absolute Gasteiger partial charge is 0.262 e. The fraction of sp³-hybridized carbons (Fsp3) is 0.259. The Hall–Kier alpha value is -5.36. The van der Waals surface area contributed by atoms with Gasteiger partial charge in [-0.3, -0.25) is 9.59 Å². The number of nitriles is 2. The number of carbonyl (C=O) groups excluding carboxylic acids is 2. The number of methoxy groups -OCH3 is 2. The molecule has 1 atom stereocenters. The van der Waals surface area contributed by atoms with Crippen molar-refractivity contribution in [2.24, 2.45) is 0 Å². The van der Waals surface area contributed by atoms with Crippen LogP contribution in [-0.4, -0.2) is 59.0 Å². The number of benzene rings is 2. The molecule has 0 aliphatic heterocycles. The first-order valence-electron chi connectivity index (χ1n) is 11.6. The van der Waals surface area contributed by atoms with Crippen molar-refractivity contribution in [3.63, 3.8) is 0 Å². The first kappa shape index (κ1) is 29.9. The summed E-state index contributed by atoms with van der Waals surface area (Å²) in [5, 5.41) is 63.2. The highest BCUT2D eigenvalue weighted by atomic mass is 16.5. The van der Waals surface area contributed by atoms with Crippen molar-refractivity contribution in [2.75, 3.05) is 20.8 Å². The van der Waals surface area contributed by atoms with Crippen LogP contribution in [0.3, 0.4) is 0 Å². The molecule has 1 unspecified atom stereocenters. The Morgan fingerprint density at radius 2 is 1.33 bits per heavy atom. The Bertz CT molecular complexity index is 1390. The predicted molar refractivity (Wildman–Crippen MR) is 140 cm³/mol.